The highest BCUT2D eigenvalue weighted by Gasteiger charge is 2.42. The molecule has 6 nitrogen and oxygen atoms in total. The van der Waals surface area contributed by atoms with Gasteiger partial charge in [-0.05, 0) is 67.6 Å². The predicted molar refractivity (Wildman–Crippen MR) is 174 cm³/mol. The van der Waals surface area contributed by atoms with Crippen LogP contribution in [0.2, 0.25) is 0 Å². The number of halogens is 3. The molecule has 250 valence electrons. The third kappa shape index (κ3) is 12.9. The summed E-state index contributed by atoms with van der Waals surface area (Å²) in [6.45, 7) is 4.29. The summed E-state index contributed by atoms with van der Waals surface area (Å²) in [5, 5.41) is 0. The molecule has 0 aliphatic carbocycles. The quantitative estimate of drug-likeness (QED) is 0.0695. The van der Waals surface area contributed by atoms with E-state index in [9.17, 15) is 22.8 Å². The number of nitrogens with zero attached hydrogens (tertiary/aromatic N) is 2. The maximum atomic E-state index is 13.5. The molecule has 0 unspecified atom stereocenters. The summed E-state index contributed by atoms with van der Waals surface area (Å²) in [6.07, 6.45) is 11.3. The Bertz CT molecular complexity index is 1310. The lowest BCUT2D eigenvalue weighted by Gasteiger charge is -2.20. The molecule has 0 N–H and O–H groups in total. The van der Waals surface area contributed by atoms with Crippen molar-refractivity contribution >= 4 is 11.9 Å². The number of aryl methyl sites for hydroxylation is 1. The second-order valence-corrected chi connectivity index (χ2v) is 11.8. The second kappa shape index (κ2) is 19.7. The third-order valence-electron chi connectivity index (χ3n) is 7.89. The second-order valence-electron chi connectivity index (χ2n) is 11.8. The molecule has 1 aromatic heterocycles. The van der Waals surface area contributed by atoms with E-state index in [1.54, 1.807) is 24.3 Å². The zero-order valence-corrected chi connectivity index (χ0v) is 27.1. The molecule has 1 atom stereocenters. The smallest absolute Gasteiger partial charge is 0.425 e. The summed E-state index contributed by atoms with van der Waals surface area (Å²) in [5.41, 5.74) is 2.10. The van der Waals surface area contributed by atoms with Crippen molar-refractivity contribution in [1.82, 2.24) is 9.97 Å². The lowest BCUT2D eigenvalue weighted by molar-refractivity contribution is -0.206. The summed E-state index contributed by atoms with van der Waals surface area (Å²) in [6, 6.07) is 12.0. The van der Waals surface area contributed by atoms with E-state index in [2.05, 4.69) is 23.8 Å². The zero-order chi connectivity index (χ0) is 33.2. The number of hydrogen-bond donors (Lipinski definition) is 0. The van der Waals surface area contributed by atoms with Crippen LogP contribution in [-0.4, -0.2) is 34.2 Å². The molecular weight excluding hydrogens is 593 g/mol. The number of ether oxygens (including phenoxy) is 2. The Morgan fingerprint density at radius 2 is 1.17 bits per heavy atom. The topological polar surface area (TPSA) is 78.4 Å². The first-order chi connectivity index (χ1) is 22.2. The average Bonchev–Trinajstić information content (AvgIpc) is 3.05. The number of esters is 2. The van der Waals surface area contributed by atoms with E-state index in [4.69, 9.17) is 9.47 Å². The number of unbranched alkanes of at least 4 members (excludes halogenated alkanes) is 11. The molecule has 9 heteroatoms. The van der Waals surface area contributed by atoms with Crippen molar-refractivity contribution in [3.8, 4) is 17.1 Å². The van der Waals surface area contributed by atoms with Gasteiger partial charge in [0.1, 0.15) is 5.75 Å². The highest BCUT2D eigenvalue weighted by molar-refractivity contribution is 5.92. The number of carbonyl (C=O) groups is 2. The van der Waals surface area contributed by atoms with E-state index in [0.717, 1.165) is 49.7 Å². The fourth-order valence-corrected chi connectivity index (χ4v) is 5.10. The Hall–Kier alpha value is -3.75. The number of benzene rings is 2. The summed E-state index contributed by atoms with van der Waals surface area (Å²) in [4.78, 5) is 34.1. The van der Waals surface area contributed by atoms with Gasteiger partial charge in [0.05, 0.1) is 11.1 Å². The van der Waals surface area contributed by atoms with Gasteiger partial charge < -0.3 is 9.47 Å². The number of rotatable bonds is 20. The monoisotopic (exact) mass is 640 g/mol. The van der Waals surface area contributed by atoms with Crippen LogP contribution in [0.5, 0.6) is 5.75 Å². The molecule has 0 saturated carbocycles. The molecule has 1 heterocycles. The normalized spacial score (nSPS) is 12.1. The molecule has 2 aromatic carbocycles. The van der Waals surface area contributed by atoms with Crippen LogP contribution in [0, 0.1) is 0 Å². The predicted octanol–water partition coefficient (Wildman–Crippen LogP) is 10.5. The van der Waals surface area contributed by atoms with Crippen molar-refractivity contribution in [2.24, 2.45) is 0 Å². The van der Waals surface area contributed by atoms with Crippen LogP contribution in [-0.2, 0) is 11.2 Å². The standard InChI is InChI=1S/C37H47F3N2O4/c1-3-5-7-9-11-12-14-16-28-26-41-34(42-27-28)29-18-20-30(21-19-29)35(43)45-32-24-22-31(23-25-32)36(44)46-33(37(38,39)40)17-15-13-10-8-6-4-2/h18-27,33H,3-17H2,1-2H3/t33-/m1/s1. The van der Waals surface area contributed by atoms with Gasteiger partial charge in [0.2, 0.25) is 0 Å². The largest absolute Gasteiger partial charge is 0.449 e. The van der Waals surface area contributed by atoms with Crippen molar-refractivity contribution in [3.63, 3.8) is 0 Å². The Labute approximate surface area is 271 Å². The van der Waals surface area contributed by atoms with Gasteiger partial charge in [0, 0.05) is 18.0 Å². The first-order valence-corrected chi connectivity index (χ1v) is 16.7. The minimum absolute atomic E-state index is 0.0604. The first-order valence-electron chi connectivity index (χ1n) is 16.7. The van der Waals surface area contributed by atoms with E-state index in [0.29, 0.717) is 24.2 Å². The van der Waals surface area contributed by atoms with Crippen LogP contribution >= 0.6 is 0 Å². The summed E-state index contributed by atoms with van der Waals surface area (Å²) in [7, 11) is 0. The van der Waals surface area contributed by atoms with Crippen molar-refractivity contribution in [2.75, 3.05) is 0 Å². The van der Waals surface area contributed by atoms with Crippen LogP contribution in [0.15, 0.2) is 60.9 Å². The molecular formula is C37H47F3N2O4. The highest BCUT2D eigenvalue weighted by atomic mass is 19.4. The maximum absolute atomic E-state index is 13.5. The van der Waals surface area contributed by atoms with Gasteiger partial charge in [-0.2, -0.15) is 13.2 Å². The number of aromatic nitrogens is 2. The molecule has 0 bridgehead atoms. The minimum Gasteiger partial charge on any atom is -0.449 e. The van der Waals surface area contributed by atoms with Crippen LogP contribution in [0.25, 0.3) is 11.4 Å². The minimum atomic E-state index is -4.65. The van der Waals surface area contributed by atoms with Crippen LogP contribution in [0.3, 0.4) is 0 Å². The van der Waals surface area contributed by atoms with Crippen molar-refractivity contribution in [2.45, 2.75) is 122 Å². The Balaban J connectivity index is 1.47. The molecule has 0 amide bonds. The van der Waals surface area contributed by atoms with Crippen molar-refractivity contribution in [3.05, 3.63) is 77.6 Å². The molecule has 46 heavy (non-hydrogen) atoms. The van der Waals surface area contributed by atoms with Crippen LogP contribution in [0.1, 0.15) is 130 Å². The fraction of sp³-hybridized carbons (Fsp3) is 0.514. The molecule has 0 radical (unpaired) electrons. The van der Waals surface area contributed by atoms with E-state index < -0.39 is 24.2 Å². The van der Waals surface area contributed by atoms with Crippen molar-refractivity contribution in [1.29, 1.82) is 0 Å². The van der Waals surface area contributed by atoms with Gasteiger partial charge in [-0.3, -0.25) is 0 Å². The Morgan fingerprint density at radius 3 is 1.74 bits per heavy atom. The van der Waals surface area contributed by atoms with Gasteiger partial charge in [-0.1, -0.05) is 96.6 Å². The molecule has 3 aromatic rings. The van der Waals surface area contributed by atoms with Gasteiger partial charge >= 0.3 is 18.1 Å². The molecule has 0 saturated heterocycles. The van der Waals surface area contributed by atoms with E-state index >= 15 is 0 Å². The molecule has 0 spiro atoms. The molecule has 0 aliphatic rings. The van der Waals surface area contributed by atoms with E-state index in [1.807, 2.05) is 12.4 Å². The molecule has 0 fully saturated rings. The lowest BCUT2D eigenvalue weighted by atomic mass is 10.1. The van der Waals surface area contributed by atoms with E-state index in [1.165, 1.54) is 62.8 Å². The highest BCUT2D eigenvalue weighted by Crippen LogP contribution is 2.28. The SMILES string of the molecule is CCCCCCCCCc1cnc(-c2ccc(C(=O)Oc3ccc(C(=O)O[C@H](CCCCCCCC)C(F)(F)F)cc3)cc2)nc1. The number of alkyl halides is 3. The zero-order valence-electron chi connectivity index (χ0n) is 27.1. The van der Waals surface area contributed by atoms with E-state index in [-0.39, 0.29) is 17.7 Å². The van der Waals surface area contributed by atoms with Gasteiger partial charge in [-0.25, -0.2) is 19.6 Å². The van der Waals surface area contributed by atoms with Crippen LogP contribution in [0.4, 0.5) is 13.2 Å². The number of hydrogen-bond acceptors (Lipinski definition) is 6. The average molecular weight is 641 g/mol. The Morgan fingerprint density at radius 1 is 0.674 bits per heavy atom. The Kier molecular flexibility index (Phi) is 15.7. The van der Waals surface area contributed by atoms with Crippen LogP contribution < -0.4 is 4.74 Å². The lowest BCUT2D eigenvalue weighted by Crippen LogP contribution is -2.33. The van der Waals surface area contributed by atoms with Gasteiger partial charge in [0.25, 0.3) is 0 Å². The summed E-state index contributed by atoms with van der Waals surface area (Å²) < 4.78 is 50.7. The third-order valence-corrected chi connectivity index (χ3v) is 7.89. The fourth-order valence-electron chi connectivity index (χ4n) is 5.10. The maximum Gasteiger partial charge on any atom is 0.425 e. The number of carbonyl (C=O) groups excluding carboxylic acids is 2. The van der Waals surface area contributed by atoms with Gasteiger partial charge in [-0.15, -0.1) is 0 Å². The van der Waals surface area contributed by atoms with Crippen molar-refractivity contribution < 1.29 is 32.2 Å². The van der Waals surface area contributed by atoms with Gasteiger partial charge in [0.15, 0.2) is 11.9 Å². The first kappa shape index (κ1) is 36.7. The molecule has 0 aliphatic heterocycles. The summed E-state index contributed by atoms with van der Waals surface area (Å²) in [5.74, 6) is -0.992. The summed E-state index contributed by atoms with van der Waals surface area (Å²) >= 11 is 0. The molecule has 3 rings (SSSR count).